The van der Waals surface area contributed by atoms with Gasteiger partial charge in [0.05, 0.1) is 0 Å². The summed E-state index contributed by atoms with van der Waals surface area (Å²) in [5, 5.41) is 4.03. The van der Waals surface area contributed by atoms with Gasteiger partial charge in [0.25, 0.3) is 5.91 Å². The second-order valence-electron chi connectivity index (χ2n) is 8.73. The van der Waals surface area contributed by atoms with Crippen molar-refractivity contribution in [2.75, 3.05) is 6.61 Å². The van der Waals surface area contributed by atoms with Gasteiger partial charge >= 0.3 is 0 Å². The van der Waals surface area contributed by atoms with E-state index in [0.717, 1.165) is 36.8 Å². The maximum absolute atomic E-state index is 13.3. The molecule has 178 valence electrons. The van der Waals surface area contributed by atoms with Gasteiger partial charge in [0, 0.05) is 28.2 Å². The van der Waals surface area contributed by atoms with Crippen molar-refractivity contribution in [3.8, 4) is 5.75 Å². The van der Waals surface area contributed by atoms with Crippen LogP contribution >= 0.6 is 23.2 Å². The van der Waals surface area contributed by atoms with Crippen LogP contribution < -0.4 is 10.1 Å². The monoisotopic (exact) mass is 490 g/mol. The summed E-state index contributed by atoms with van der Waals surface area (Å²) in [5.41, 5.74) is 2.67. The van der Waals surface area contributed by atoms with E-state index >= 15 is 0 Å². The largest absolute Gasteiger partial charge is 0.483 e. The molecule has 2 aromatic carbocycles. The van der Waals surface area contributed by atoms with E-state index in [9.17, 15) is 9.59 Å². The van der Waals surface area contributed by atoms with Gasteiger partial charge in [0.2, 0.25) is 5.91 Å². The first-order valence-electron chi connectivity index (χ1n) is 11.5. The van der Waals surface area contributed by atoms with Gasteiger partial charge < -0.3 is 15.0 Å². The first-order chi connectivity index (χ1) is 15.8. The van der Waals surface area contributed by atoms with Crippen LogP contribution in [0.4, 0.5) is 0 Å². The second kappa shape index (κ2) is 11.8. The normalized spacial score (nSPS) is 15.1. The Morgan fingerprint density at radius 1 is 1.06 bits per heavy atom. The molecule has 0 heterocycles. The molecule has 33 heavy (non-hydrogen) atoms. The average Bonchev–Trinajstić information content (AvgIpc) is 2.80. The van der Waals surface area contributed by atoms with Crippen LogP contribution in [0.2, 0.25) is 10.0 Å². The minimum atomic E-state index is -0.700. The molecule has 0 saturated heterocycles. The zero-order chi connectivity index (χ0) is 24.0. The summed E-state index contributed by atoms with van der Waals surface area (Å²) in [6.45, 7) is 5.61. The molecule has 3 rings (SSSR count). The van der Waals surface area contributed by atoms with Crippen LogP contribution in [0, 0.1) is 13.8 Å². The molecule has 1 atom stereocenters. The highest BCUT2D eigenvalue weighted by Gasteiger charge is 2.29. The number of nitrogens with one attached hydrogen (secondary N) is 1. The molecule has 1 fully saturated rings. The van der Waals surface area contributed by atoms with Crippen molar-refractivity contribution in [2.45, 2.75) is 71.5 Å². The van der Waals surface area contributed by atoms with Crippen molar-refractivity contribution >= 4 is 35.0 Å². The van der Waals surface area contributed by atoms with E-state index in [1.807, 2.05) is 32.0 Å². The van der Waals surface area contributed by atoms with Gasteiger partial charge in [-0.15, -0.1) is 0 Å². The minimum Gasteiger partial charge on any atom is -0.483 e. The van der Waals surface area contributed by atoms with Crippen LogP contribution in [0.15, 0.2) is 36.4 Å². The smallest absolute Gasteiger partial charge is 0.261 e. The molecule has 1 unspecified atom stereocenters. The van der Waals surface area contributed by atoms with Crippen molar-refractivity contribution in [3.63, 3.8) is 0 Å². The molecular weight excluding hydrogens is 459 g/mol. The highest BCUT2D eigenvalue weighted by atomic mass is 35.5. The van der Waals surface area contributed by atoms with Gasteiger partial charge in [0.1, 0.15) is 11.8 Å². The van der Waals surface area contributed by atoms with E-state index in [4.69, 9.17) is 27.9 Å². The van der Waals surface area contributed by atoms with Crippen LogP contribution in [0.5, 0.6) is 5.75 Å². The lowest BCUT2D eigenvalue weighted by atomic mass is 9.95. The number of hydrogen-bond donors (Lipinski definition) is 1. The van der Waals surface area contributed by atoms with Crippen LogP contribution in [0.3, 0.4) is 0 Å². The Labute approximate surface area is 206 Å². The van der Waals surface area contributed by atoms with Crippen LogP contribution in [0.25, 0.3) is 0 Å². The van der Waals surface area contributed by atoms with E-state index in [-0.39, 0.29) is 31.0 Å². The molecule has 0 aromatic heterocycles. The molecule has 1 aliphatic rings. The van der Waals surface area contributed by atoms with Crippen LogP contribution in [-0.2, 0) is 16.1 Å². The number of carbonyl (C=O) groups is 2. The van der Waals surface area contributed by atoms with E-state index < -0.39 is 6.04 Å². The molecule has 5 nitrogen and oxygen atoms in total. The fourth-order valence-electron chi connectivity index (χ4n) is 4.11. The summed E-state index contributed by atoms with van der Waals surface area (Å²) in [4.78, 5) is 27.9. The van der Waals surface area contributed by atoms with Crippen LogP contribution in [0.1, 0.15) is 55.7 Å². The van der Waals surface area contributed by atoms with E-state index in [2.05, 4.69) is 5.32 Å². The van der Waals surface area contributed by atoms with Gasteiger partial charge in [0.15, 0.2) is 6.61 Å². The fourth-order valence-corrected chi connectivity index (χ4v) is 4.62. The Kier molecular flexibility index (Phi) is 9.04. The zero-order valence-corrected chi connectivity index (χ0v) is 21.0. The summed E-state index contributed by atoms with van der Waals surface area (Å²) in [6.07, 6.45) is 5.37. The summed E-state index contributed by atoms with van der Waals surface area (Å²) in [6, 6.07) is 10.4. The third kappa shape index (κ3) is 6.64. The fraction of sp³-hybridized carbons (Fsp3) is 0.462. The topological polar surface area (TPSA) is 58.6 Å². The maximum Gasteiger partial charge on any atom is 0.261 e. The minimum absolute atomic E-state index is 0.118. The standard InChI is InChI=1S/C26H32Cl2N2O3/c1-17-9-7-14-24(18(17)2)33-16-25(31)30(15-21-22(27)12-8-13-23(21)28)19(3)26(32)29-20-10-5-4-6-11-20/h7-9,12-14,19-20H,4-6,10-11,15-16H2,1-3H3,(H,29,32). The summed E-state index contributed by atoms with van der Waals surface area (Å²) >= 11 is 12.8. The Bertz CT molecular complexity index is 969. The lowest BCUT2D eigenvalue weighted by molar-refractivity contribution is -0.142. The molecule has 7 heteroatoms. The predicted molar refractivity (Wildman–Crippen MR) is 133 cm³/mol. The molecule has 0 radical (unpaired) electrons. The summed E-state index contributed by atoms with van der Waals surface area (Å²) in [5.74, 6) is 0.168. The molecule has 2 aromatic rings. The van der Waals surface area contributed by atoms with Crippen LogP contribution in [-0.4, -0.2) is 35.4 Å². The number of aryl methyl sites for hydroxylation is 1. The van der Waals surface area contributed by atoms with Crippen molar-refractivity contribution in [1.29, 1.82) is 0 Å². The Balaban J connectivity index is 1.78. The predicted octanol–water partition coefficient (Wildman–Crippen LogP) is 5.86. The molecule has 2 amide bonds. The number of nitrogens with zero attached hydrogens (tertiary/aromatic N) is 1. The number of hydrogen-bond acceptors (Lipinski definition) is 3. The Hall–Kier alpha value is -2.24. The van der Waals surface area contributed by atoms with Crippen molar-refractivity contribution in [2.24, 2.45) is 0 Å². The lowest BCUT2D eigenvalue weighted by Gasteiger charge is -2.31. The third-order valence-corrected chi connectivity index (χ3v) is 7.12. The Morgan fingerprint density at radius 2 is 1.70 bits per heavy atom. The highest BCUT2D eigenvalue weighted by molar-refractivity contribution is 6.36. The summed E-state index contributed by atoms with van der Waals surface area (Å²) in [7, 11) is 0. The van der Waals surface area contributed by atoms with Gasteiger partial charge in [-0.2, -0.15) is 0 Å². The number of halogens is 2. The van der Waals surface area contributed by atoms with E-state index in [1.54, 1.807) is 25.1 Å². The molecule has 0 aliphatic heterocycles. The molecule has 0 spiro atoms. The average molecular weight is 491 g/mol. The lowest BCUT2D eigenvalue weighted by Crippen LogP contribution is -2.51. The second-order valence-corrected chi connectivity index (χ2v) is 9.54. The van der Waals surface area contributed by atoms with Gasteiger partial charge in [-0.25, -0.2) is 0 Å². The van der Waals surface area contributed by atoms with Gasteiger partial charge in [-0.1, -0.05) is 60.7 Å². The van der Waals surface area contributed by atoms with Crippen molar-refractivity contribution in [1.82, 2.24) is 10.2 Å². The first-order valence-corrected chi connectivity index (χ1v) is 12.2. The number of carbonyl (C=O) groups excluding carboxylic acids is 2. The first kappa shape index (κ1) is 25.4. The number of amides is 2. The molecule has 1 aliphatic carbocycles. The molecule has 0 bridgehead atoms. The molecule has 1 N–H and O–H groups in total. The van der Waals surface area contributed by atoms with Crippen molar-refractivity contribution in [3.05, 3.63) is 63.1 Å². The van der Waals surface area contributed by atoms with Gasteiger partial charge in [-0.3, -0.25) is 9.59 Å². The summed E-state index contributed by atoms with van der Waals surface area (Å²) < 4.78 is 5.85. The maximum atomic E-state index is 13.3. The van der Waals surface area contributed by atoms with Gasteiger partial charge in [-0.05, 0) is 62.9 Å². The third-order valence-electron chi connectivity index (χ3n) is 6.42. The number of rotatable bonds is 8. The Morgan fingerprint density at radius 3 is 2.36 bits per heavy atom. The zero-order valence-electron chi connectivity index (χ0n) is 19.5. The molecular formula is C26H32Cl2N2O3. The van der Waals surface area contributed by atoms with E-state index in [1.165, 1.54) is 11.3 Å². The number of benzene rings is 2. The number of ether oxygens (including phenoxy) is 1. The highest BCUT2D eigenvalue weighted by Crippen LogP contribution is 2.27. The quantitative estimate of drug-likeness (QED) is 0.504. The van der Waals surface area contributed by atoms with E-state index in [0.29, 0.717) is 21.4 Å². The van der Waals surface area contributed by atoms with Crippen molar-refractivity contribution < 1.29 is 14.3 Å². The SMILES string of the molecule is Cc1cccc(OCC(=O)N(Cc2c(Cl)cccc2Cl)C(C)C(=O)NC2CCCCC2)c1C. The molecule has 1 saturated carbocycles.